The summed E-state index contributed by atoms with van der Waals surface area (Å²) in [4.78, 5) is 1.55. The normalized spacial score (nSPS) is 10.4. The Labute approximate surface area is 81.8 Å². The first-order valence-corrected chi connectivity index (χ1v) is 4.39. The summed E-state index contributed by atoms with van der Waals surface area (Å²) in [6.45, 7) is 1.92. The van der Waals surface area contributed by atoms with Gasteiger partial charge in [-0.25, -0.2) is 0 Å². The second-order valence-corrected chi connectivity index (χ2v) is 3.10. The summed E-state index contributed by atoms with van der Waals surface area (Å²) in [7, 11) is 0. The zero-order valence-corrected chi connectivity index (χ0v) is 7.88. The van der Waals surface area contributed by atoms with Crippen LogP contribution in [0.2, 0.25) is 0 Å². The molecule has 1 aromatic heterocycles. The predicted octanol–water partition coefficient (Wildman–Crippen LogP) is 1.07. The van der Waals surface area contributed by atoms with E-state index < -0.39 is 0 Å². The van der Waals surface area contributed by atoms with Gasteiger partial charge in [-0.3, -0.25) is 0 Å². The fraction of sp³-hybridized carbons (Fsp3) is 0.200. The summed E-state index contributed by atoms with van der Waals surface area (Å²) in [6.07, 6.45) is 1.70. The number of aliphatic hydroxyl groups excluding tert-OH is 1. The third-order valence-corrected chi connectivity index (χ3v) is 1.93. The second kappa shape index (κ2) is 3.59. The first kappa shape index (κ1) is 8.90. The van der Waals surface area contributed by atoms with E-state index in [0.717, 1.165) is 16.9 Å². The van der Waals surface area contributed by atoms with Gasteiger partial charge >= 0.3 is 0 Å². The highest BCUT2D eigenvalue weighted by molar-refractivity contribution is 5.33. The molecule has 1 heterocycles. The number of benzene rings is 1. The van der Waals surface area contributed by atoms with Crippen LogP contribution in [0.3, 0.4) is 0 Å². The van der Waals surface area contributed by atoms with Crippen LogP contribution >= 0.6 is 0 Å². The molecule has 0 amide bonds. The number of aliphatic hydroxyl groups is 1. The van der Waals surface area contributed by atoms with Gasteiger partial charge in [0.25, 0.3) is 0 Å². The predicted molar refractivity (Wildman–Crippen MR) is 52.0 cm³/mol. The number of aromatic nitrogens is 3. The first-order valence-electron chi connectivity index (χ1n) is 4.39. The Morgan fingerprint density at radius 3 is 2.93 bits per heavy atom. The molecule has 4 heteroatoms. The lowest BCUT2D eigenvalue weighted by atomic mass is 10.2. The van der Waals surface area contributed by atoms with Crippen molar-refractivity contribution in [1.29, 1.82) is 0 Å². The summed E-state index contributed by atoms with van der Waals surface area (Å²) in [6, 6.07) is 7.50. The number of aryl methyl sites for hydroxylation is 1. The van der Waals surface area contributed by atoms with E-state index in [4.69, 9.17) is 5.11 Å². The van der Waals surface area contributed by atoms with Crippen molar-refractivity contribution in [3.05, 3.63) is 41.7 Å². The first-order chi connectivity index (χ1) is 6.79. The van der Waals surface area contributed by atoms with Gasteiger partial charge < -0.3 is 5.11 Å². The van der Waals surface area contributed by atoms with E-state index in [1.165, 1.54) is 0 Å². The number of rotatable bonds is 2. The van der Waals surface area contributed by atoms with Crippen LogP contribution in [0.15, 0.2) is 30.5 Å². The molecule has 0 bridgehead atoms. The highest BCUT2D eigenvalue weighted by atomic mass is 16.3. The van der Waals surface area contributed by atoms with Crippen molar-refractivity contribution in [2.75, 3.05) is 0 Å². The van der Waals surface area contributed by atoms with Gasteiger partial charge in [-0.1, -0.05) is 12.1 Å². The molecule has 0 atom stereocenters. The van der Waals surface area contributed by atoms with Crippen LogP contribution in [-0.4, -0.2) is 20.1 Å². The van der Waals surface area contributed by atoms with Gasteiger partial charge in [0.1, 0.15) is 0 Å². The van der Waals surface area contributed by atoms with Gasteiger partial charge in [0, 0.05) is 0 Å². The van der Waals surface area contributed by atoms with Crippen LogP contribution in [0.25, 0.3) is 5.69 Å². The van der Waals surface area contributed by atoms with Crippen LogP contribution in [0.4, 0.5) is 0 Å². The molecule has 1 N–H and O–H groups in total. The Kier molecular flexibility index (Phi) is 2.28. The topological polar surface area (TPSA) is 50.9 Å². The van der Waals surface area contributed by atoms with Crippen molar-refractivity contribution in [3.63, 3.8) is 0 Å². The van der Waals surface area contributed by atoms with E-state index in [1.807, 2.05) is 31.2 Å². The molecule has 72 valence electrons. The second-order valence-electron chi connectivity index (χ2n) is 3.10. The lowest BCUT2D eigenvalue weighted by molar-refractivity contribution is 0.282. The standard InChI is InChI=1S/C10H11N3O/c1-8-6-11-13(12-8)10-4-2-3-9(5-10)7-14/h2-6,14H,7H2,1H3. The SMILES string of the molecule is Cc1cnn(-c2cccc(CO)c2)n1. The minimum absolute atomic E-state index is 0.0358. The maximum Gasteiger partial charge on any atom is 0.0860 e. The van der Waals surface area contributed by atoms with Gasteiger partial charge in [-0.2, -0.15) is 15.0 Å². The molecule has 0 aliphatic rings. The Morgan fingerprint density at radius 2 is 2.29 bits per heavy atom. The van der Waals surface area contributed by atoms with E-state index in [0.29, 0.717) is 0 Å². The molecule has 2 rings (SSSR count). The number of hydrogen-bond acceptors (Lipinski definition) is 3. The highest BCUT2D eigenvalue weighted by Crippen LogP contribution is 2.08. The van der Waals surface area contributed by atoms with E-state index in [2.05, 4.69) is 10.2 Å². The van der Waals surface area contributed by atoms with Gasteiger partial charge in [-0.15, -0.1) is 0 Å². The molecule has 0 fully saturated rings. The average Bonchev–Trinajstić information content (AvgIpc) is 2.65. The number of hydrogen-bond donors (Lipinski definition) is 1. The molecule has 1 aromatic carbocycles. The summed E-state index contributed by atoms with van der Waals surface area (Å²) in [5.74, 6) is 0. The van der Waals surface area contributed by atoms with Crippen molar-refractivity contribution in [1.82, 2.24) is 15.0 Å². The molecule has 0 aliphatic carbocycles. The maximum absolute atomic E-state index is 8.96. The van der Waals surface area contributed by atoms with Crippen LogP contribution < -0.4 is 0 Å². The molecule has 0 aliphatic heterocycles. The van der Waals surface area contributed by atoms with Gasteiger partial charge in [-0.05, 0) is 24.6 Å². The van der Waals surface area contributed by atoms with Crippen LogP contribution in [0.5, 0.6) is 0 Å². The Balaban J connectivity index is 2.41. The van der Waals surface area contributed by atoms with E-state index in [1.54, 1.807) is 11.0 Å². The summed E-state index contributed by atoms with van der Waals surface area (Å²) >= 11 is 0. The van der Waals surface area contributed by atoms with E-state index in [-0.39, 0.29) is 6.61 Å². The summed E-state index contributed by atoms with van der Waals surface area (Å²) < 4.78 is 0. The quantitative estimate of drug-likeness (QED) is 0.768. The third kappa shape index (κ3) is 1.65. The molecule has 4 nitrogen and oxygen atoms in total. The molecule has 2 aromatic rings. The summed E-state index contributed by atoms with van der Waals surface area (Å²) in [5.41, 5.74) is 2.60. The van der Waals surface area contributed by atoms with Crippen molar-refractivity contribution in [3.8, 4) is 5.69 Å². The maximum atomic E-state index is 8.96. The molecule has 0 unspecified atom stereocenters. The van der Waals surface area contributed by atoms with Crippen molar-refractivity contribution >= 4 is 0 Å². The van der Waals surface area contributed by atoms with Crippen molar-refractivity contribution < 1.29 is 5.11 Å². The molecule has 0 saturated carbocycles. The van der Waals surface area contributed by atoms with Gasteiger partial charge in [0.2, 0.25) is 0 Å². The minimum Gasteiger partial charge on any atom is -0.392 e. The fourth-order valence-corrected chi connectivity index (χ4v) is 1.24. The van der Waals surface area contributed by atoms with E-state index >= 15 is 0 Å². The van der Waals surface area contributed by atoms with Gasteiger partial charge in [0.05, 0.1) is 24.2 Å². The summed E-state index contributed by atoms with van der Waals surface area (Å²) in [5, 5.41) is 17.2. The molecule has 0 radical (unpaired) electrons. The smallest absolute Gasteiger partial charge is 0.0860 e. The molecular formula is C10H11N3O. The largest absolute Gasteiger partial charge is 0.392 e. The monoisotopic (exact) mass is 189 g/mol. The van der Waals surface area contributed by atoms with Crippen LogP contribution in [-0.2, 0) is 6.61 Å². The molecule has 0 spiro atoms. The molecular weight excluding hydrogens is 178 g/mol. The average molecular weight is 189 g/mol. The minimum atomic E-state index is 0.0358. The van der Waals surface area contributed by atoms with Crippen LogP contribution in [0, 0.1) is 6.92 Å². The van der Waals surface area contributed by atoms with Gasteiger partial charge in [0.15, 0.2) is 0 Å². The third-order valence-electron chi connectivity index (χ3n) is 1.93. The Morgan fingerprint density at radius 1 is 1.43 bits per heavy atom. The zero-order chi connectivity index (χ0) is 9.97. The lowest BCUT2D eigenvalue weighted by Gasteiger charge is -2.01. The van der Waals surface area contributed by atoms with E-state index in [9.17, 15) is 0 Å². The van der Waals surface area contributed by atoms with Crippen LogP contribution in [0.1, 0.15) is 11.3 Å². The fourth-order valence-electron chi connectivity index (χ4n) is 1.24. The molecule has 14 heavy (non-hydrogen) atoms. The zero-order valence-electron chi connectivity index (χ0n) is 7.88. The Hall–Kier alpha value is -1.68. The lowest BCUT2D eigenvalue weighted by Crippen LogP contribution is -1.99. The van der Waals surface area contributed by atoms with Crippen molar-refractivity contribution in [2.24, 2.45) is 0 Å². The Bertz CT molecular complexity index is 436. The number of nitrogens with zero attached hydrogens (tertiary/aromatic N) is 3. The van der Waals surface area contributed by atoms with Crippen molar-refractivity contribution in [2.45, 2.75) is 13.5 Å². The highest BCUT2D eigenvalue weighted by Gasteiger charge is 2.00. The molecule has 0 saturated heterocycles.